The molecule has 0 radical (unpaired) electrons. The maximum absolute atomic E-state index is 5.95. The summed E-state index contributed by atoms with van der Waals surface area (Å²) in [6.45, 7) is 7.21. The molecule has 0 aromatic carbocycles. The number of pyridine rings is 1. The predicted octanol–water partition coefficient (Wildman–Crippen LogP) is 2.66. The largest absolute Gasteiger partial charge is 0.379 e. The van der Waals surface area contributed by atoms with Gasteiger partial charge >= 0.3 is 0 Å². The Morgan fingerprint density at radius 2 is 2.15 bits per heavy atom. The predicted molar refractivity (Wildman–Crippen MR) is 84.5 cm³/mol. The quantitative estimate of drug-likeness (QED) is 0.828. The normalized spacial score (nSPS) is 24.3. The van der Waals surface area contributed by atoms with Gasteiger partial charge in [-0.2, -0.15) is 0 Å². The minimum atomic E-state index is 0.671. The van der Waals surface area contributed by atoms with Crippen LogP contribution < -0.4 is 4.90 Å². The van der Waals surface area contributed by atoms with Crippen LogP contribution in [0, 0.1) is 5.92 Å². The van der Waals surface area contributed by atoms with E-state index in [1.165, 1.54) is 13.0 Å². The Morgan fingerprint density at radius 1 is 1.35 bits per heavy atom. The number of morpholine rings is 1. The molecule has 2 aliphatic heterocycles. The molecule has 2 fully saturated rings. The average molecular weight is 361 g/mol. The molecule has 1 aromatic heterocycles. The van der Waals surface area contributed by atoms with E-state index in [-0.39, 0.29) is 0 Å². The van der Waals surface area contributed by atoms with Crippen LogP contribution in [0.1, 0.15) is 6.42 Å². The summed E-state index contributed by atoms with van der Waals surface area (Å²) in [5.41, 5.74) is 0. The summed E-state index contributed by atoms with van der Waals surface area (Å²) in [6, 6.07) is 1.92. The van der Waals surface area contributed by atoms with Gasteiger partial charge in [0.1, 0.15) is 5.82 Å². The number of ether oxygens (including phenoxy) is 1. The van der Waals surface area contributed by atoms with Crippen molar-refractivity contribution in [3.05, 3.63) is 21.8 Å². The van der Waals surface area contributed by atoms with Crippen LogP contribution in [0.5, 0.6) is 0 Å². The molecule has 2 saturated heterocycles. The number of hydrogen-bond donors (Lipinski definition) is 0. The fourth-order valence-corrected chi connectivity index (χ4v) is 3.85. The summed E-state index contributed by atoms with van der Waals surface area (Å²) in [7, 11) is 0. The van der Waals surface area contributed by atoms with Crippen LogP contribution in [0.3, 0.4) is 0 Å². The molecule has 1 atom stereocenters. The summed E-state index contributed by atoms with van der Waals surface area (Å²) >= 11 is 9.51. The van der Waals surface area contributed by atoms with E-state index in [2.05, 4.69) is 30.7 Å². The highest BCUT2D eigenvalue weighted by molar-refractivity contribution is 9.10. The van der Waals surface area contributed by atoms with Crippen molar-refractivity contribution in [1.29, 1.82) is 0 Å². The second-order valence-corrected chi connectivity index (χ2v) is 6.76. The monoisotopic (exact) mass is 359 g/mol. The molecule has 6 heteroatoms. The lowest BCUT2D eigenvalue weighted by molar-refractivity contribution is 0.0320. The topological polar surface area (TPSA) is 28.6 Å². The van der Waals surface area contributed by atoms with Crippen molar-refractivity contribution in [3.63, 3.8) is 0 Å². The third-order valence-corrected chi connectivity index (χ3v) is 4.78. The highest BCUT2D eigenvalue weighted by atomic mass is 79.9. The van der Waals surface area contributed by atoms with E-state index < -0.39 is 0 Å². The lowest BCUT2D eigenvalue weighted by atomic mass is 10.1. The smallest absolute Gasteiger partial charge is 0.142 e. The molecule has 1 aromatic rings. The van der Waals surface area contributed by atoms with Gasteiger partial charge < -0.3 is 9.64 Å². The minimum Gasteiger partial charge on any atom is -0.379 e. The number of nitrogens with zero attached hydrogens (tertiary/aromatic N) is 3. The Hall–Kier alpha value is -0.360. The van der Waals surface area contributed by atoms with E-state index in [0.717, 1.165) is 55.6 Å². The Labute approximate surface area is 133 Å². The number of rotatable bonds is 3. The summed E-state index contributed by atoms with van der Waals surface area (Å²) in [5, 5.41) is 0.671. The number of hydrogen-bond acceptors (Lipinski definition) is 4. The van der Waals surface area contributed by atoms with E-state index in [4.69, 9.17) is 16.3 Å². The molecule has 0 spiro atoms. The number of anilines is 1. The zero-order valence-electron chi connectivity index (χ0n) is 11.4. The van der Waals surface area contributed by atoms with Gasteiger partial charge in [-0.05, 0) is 34.3 Å². The Kier molecular flexibility index (Phi) is 4.81. The summed E-state index contributed by atoms with van der Waals surface area (Å²) in [5.74, 6) is 1.73. The van der Waals surface area contributed by atoms with Crippen LogP contribution in [0.25, 0.3) is 0 Å². The van der Waals surface area contributed by atoms with Gasteiger partial charge in [0.25, 0.3) is 0 Å². The highest BCUT2D eigenvalue weighted by Gasteiger charge is 2.27. The second-order valence-electron chi connectivity index (χ2n) is 5.47. The molecule has 0 amide bonds. The van der Waals surface area contributed by atoms with Crippen molar-refractivity contribution in [2.45, 2.75) is 6.42 Å². The maximum atomic E-state index is 5.95. The first-order valence-electron chi connectivity index (χ1n) is 7.08. The van der Waals surface area contributed by atoms with Crippen molar-refractivity contribution in [2.75, 3.05) is 50.8 Å². The molecule has 0 aliphatic carbocycles. The van der Waals surface area contributed by atoms with Crippen molar-refractivity contribution in [2.24, 2.45) is 5.92 Å². The van der Waals surface area contributed by atoms with Crippen molar-refractivity contribution in [1.82, 2.24) is 9.88 Å². The van der Waals surface area contributed by atoms with Gasteiger partial charge in [-0.1, -0.05) is 11.6 Å². The third-order valence-electron chi connectivity index (χ3n) is 3.99. The highest BCUT2D eigenvalue weighted by Crippen LogP contribution is 2.30. The molecule has 3 heterocycles. The minimum absolute atomic E-state index is 0.671. The van der Waals surface area contributed by atoms with Crippen molar-refractivity contribution >= 4 is 33.3 Å². The standard InChI is InChI=1S/C14H19BrClN3O/c15-13-7-12(16)8-17-14(13)19-2-1-11(10-19)9-18-3-5-20-6-4-18/h7-8,11H,1-6,9-10H2. The van der Waals surface area contributed by atoms with Gasteiger partial charge in [-0.25, -0.2) is 4.98 Å². The van der Waals surface area contributed by atoms with Gasteiger partial charge in [0.2, 0.25) is 0 Å². The molecule has 3 rings (SSSR count). The zero-order chi connectivity index (χ0) is 13.9. The number of halogens is 2. The van der Waals surface area contributed by atoms with E-state index >= 15 is 0 Å². The van der Waals surface area contributed by atoms with Gasteiger partial charge in [-0.15, -0.1) is 0 Å². The molecule has 4 nitrogen and oxygen atoms in total. The first kappa shape index (κ1) is 14.6. The van der Waals surface area contributed by atoms with Crippen LogP contribution in [-0.2, 0) is 4.74 Å². The van der Waals surface area contributed by atoms with Gasteiger partial charge in [-0.3, -0.25) is 4.90 Å². The van der Waals surface area contributed by atoms with E-state index in [1.54, 1.807) is 6.20 Å². The Bertz CT molecular complexity index is 468. The fraction of sp³-hybridized carbons (Fsp3) is 0.643. The molecule has 0 bridgehead atoms. The fourth-order valence-electron chi connectivity index (χ4n) is 2.96. The van der Waals surface area contributed by atoms with Crippen LogP contribution >= 0.6 is 27.5 Å². The summed E-state index contributed by atoms with van der Waals surface area (Å²) in [4.78, 5) is 9.32. The van der Waals surface area contributed by atoms with E-state index in [0.29, 0.717) is 5.02 Å². The van der Waals surface area contributed by atoms with Crippen molar-refractivity contribution in [3.8, 4) is 0 Å². The zero-order valence-corrected chi connectivity index (χ0v) is 13.7. The first-order valence-corrected chi connectivity index (χ1v) is 8.25. The Morgan fingerprint density at radius 3 is 2.90 bits per heavy atom. The molecule has 0 saturated carbocycles. The number of aromatic nitrogens is 1. The second kappa shape index (κ2) is 6.60. The Balaban J connectivity index is 1.58. The maximum Gasteiger partial charge on any atom is 0.142 e. The molecule has 2 aliphatic rings. The first-order chi connectivity index (χ1) is 9.72. The molecular weight excluding hydrogens is 342 g/mol. The van der Waals surface area contributed by atoms with Gasteiger partial charge in [0, 0.05) is 38.9 Å². The lowest BCUT2D eigenvalue weighted by Gasteiger charge is -2.29. The summed E-state index contributed by atoms with van der Waals surface area (Å²) in [6.07, 6.45) is 2.95. The average Bonchev–Trinajstić information content (AvgIpc) is 2.88. The van der Waals surface area contributed by atoms with E-state index in [9.17, 15) is 0 Å². The SMILES string of the molecule is Clc1cnc(N2CCC(CN3CCOCC3)C2)c(Br)c1. The van der Waals surface area contributed by atoms with Crippen LogP contribution in [-0.4, -0.2) is 55.8 Å². The molecule has 110 valence electrons. The summed E-state index contributed by atoms with van der Waals surface area (Å²) < 4.78 is 6.38. The van der Waals surface area contributed by atoms with Crippen molar-refractivity contribution < 1.29 is 4.74 Å². The van der Waals surface area contributed by atoms with Gasteiger partial charge in [0.15, 0.2) is 0 Å². The lowest BCUT2D eigenvalue weighted by Crippen LogP contribution is -2.39. The van der Waals surface area contributed by atoms with Gasteiger partial charge in [0.05, 0.1) is 22.7 Å². The van der Waals surface area contributed by atoms with Crippen LogP contribution in [0.4, 0.5) is 5.82 Å². The molecular formula is C14H19BrClN3O. The molecule has 0 N–H and O–H groups in total. The molecule has 1 unspecified atom stereocenters. The third kappa shape index (κ3) is 3.45. The van der Waals surface area contributed by atoms with Crippen LogP contribution in [0.2, 0.25) is 5.02 Å². The van der Waals surface area contributed by atoms with E-state index in [1.807, 2.05) is 6.07 Å². The van der Waals surface area contributed by atoms with Crippen LogP contribution in [0.15, 0.2) is 16.7 Å². The molecule has 20 heavy (non-hydrogen) atoms.